The Morgan fingerprint density at radius 2 is 2.06 bits per heavy atom. The van der Waals surface area contributed by atoms with Crippen LogP contribution in [0.5, 0.6) is 0 Å². The van der Waals surface area contributed by atoms with E-state index in [9.17, 15) is 4.79 Å². The van der Waals surface area contributed by atoms with E-state index in [1.165, 1.54) is 0 Å². The molecule has 0 bridgehead atoms. The summed E-state index contributed by atoms with van der Waals surface area (Å²) in [5.41, 5.74) is 7.44. The van der Waals surface area contributed by atoms with Gasteiger partial charge >= 0.3 is 0 Å². The van der Waals surface area contributed by atoms with Gasteiger partial charge < -0.3 is 15.2 Å². The number of hydrogen-bond acceptors (Lipinski definition) is 2. The fourth-order valence-corrected chi connectivity index (χ4v) is 1.80. The van der Waals surface area contributed by atoms with Crippen LogP contribution < -0.4 is 5.73 Å². The lowest BCUT2D eigenvalue weighted by Crippen LogP contribution is -2.40. The summed E-state index contributed by atoms with van der Waals surface area (Å²) >= 11 is 0. The molecule has 0 aliphatic rings. The van der Waals surface area contributed by atoms with Crippen molar-refractivity contribution in [2.75, 3.05) is 20.1 Å². The number of nitrogens with zero attached hydrogens (tertiary/aromatic N) is 2. The van der Waals surface area contributed by atoms with E-state index in [4.69, 9.17) is 5.73 Å². The topological polar surface area (TPSA) is 51.3 Å². The number of rotatable bonds is 4. The molecule has 0 atom stereocenters. The molecule has 2 N–H and O–H groups in total. The van der Waals surface area contributed by atoms with Crippen molar-refractivity contribution in [3.05, 3.63) is 23.5 Å². The predicted octanol–water partition coefficient (Wildman–Crippen LogP) is 1.39. The Balaban J connectivity index is 2.81. The molecule has 0 saturated carbocycles. The first-order valence-corrected chi connectivity index (χ1v) is 5.86. The van der Waals surface area contributed by atoms with Crippen molar-refractivity contribution in [1.29, 1.82) is 0 Å². The van der Waals surface area contributed by atoms with Crippen LogP contribution in [0.3, 0.4) is 0 Å². The van der Waals surface area contributed by atoms with Gasteiger partial charge in [-0.15, -0.1) is 0 Å². The molecule has 0 saturated heterocycles. The second-order valence-corrected chi connectivity index (χ2v) is 5.45. The third-order valence-electron chi connectivity index (χ3n) is 3.16. The van der Waals surface area contributed by atoms with Crippen LogP contribution in [-0.2, 0) is 7.05 Å². The smallest absolute Gasteiger partial charge is 0.270 e. The van der Waals surface area contributed by atoms with Crippen molar-refractivity contribution in [1.82, 2.24) is 9.47 Å². The highest BCUT2D eigenvalue weighted by molar-refractivity contribution is 5.92. The average molecular weight is 237 g/mol. The van der Waals surface area contributed by atoms with Gasteiger partial charge in [-0.25, -0.2) is 0 Å². The molecule has 0 aliphatic carbocycles. The SMILES string of the molecule is Cc1ccc(C(=O)N(C)CC(C)(C)CN)n1C. The quantitative estimate of drug-likeness (QED) is 0.860. The molecule has 0 aliphatic heterocycles. The Labute approximate surface area is 103 Å². The fourth-order valence-electron chi connectivity index (χ4n) is 1.80. The van der Waals surface area contributed by atoms with Crippen molar-refractivity contribution in [2.45, 2.75) is 20.8 Å². The minimum Gasteiger partial charge on any atom is -0.344 e. The maximum atomic E-state index is 12.2. The summed E-state index contributed by atoms with van der Waals surface area (Å²) in [5.74, 6) is 0.0436. The van der Waals surface area contributed by atoms with E-state index in [2.05, 4.69) is 13.8 Å². The van der Waals surface area contributed by atoms with E-state index in [0.717, 1.165) is 11.4 Å². The van der Waals surface area contributed by atoms with Crippen molar-refractivity contribution in [2.24, 2.45) is 18.2 Å². The molecule has 0 spiro atoms. The maximum Gasteiger partial charge on any atom is 0.270 e. The Morgan fingerprint density at radius 1 is 1.47 bits per heavy atom. The lowest BCUT2D eigenvalue weighted by atomic mass is 9.93. The van der Waals surface area contributed by atoms with E-state index in [0.29, 0.717) is 13.1 Å². The monoisotopic (exact) mass is 237 g/mol. The number of nitrogens with two attached hydrogens (primary N) is 1. The van der Waals surface area contributed by atoms with Gasteiger partial charge in [0.1, 0.15) is 5.69 Å². The average Bonchev–Trinajstić information content (AvgIpc) is 2.58. The fraction of sp³-hybridized carbons (Fsp3) is 0.615. The maximum absolute atomic E-state index is 12.2. The van der Waals surface area contributed by atoms with Gasteiger partial charge in [-0.05, 0) is 31.0 Å². The van der Waals surface area contributed by atoms with Gasteiger partial charge in [0.05, 0.1) is 0 Å². The molecule has 1 aromatic rings. The summed E-state index contributed by atoms with van der Waals surface area (Å²) in [4.78, 5) is 14.0. The highest BCUT2D eigenvalue weighted by atomic mass is 16.2. The third-order valence-corrected chi connectivity index (χ3v) is 3.16. The van der Waals surface area contributed by atoms with Crippen LogP contribution in [0.25, 0.3) is 0 Å². The zero-order valence-corrected chi connectivity index (χ0v) is 11.4. The van der Waals surface area contributed by atoms with Gasteiger partial charge in [0.25, 0.3) is 5.91 Å². The highest BCUT2D eigenvalue weighted by Gasteiger charge is 2.23. The van der Waals surface area contributed by atoms with Crippen LogP contribution in [0.4, 0.5) is 0 Å². The molecule has 17 heavy (non-hydrogen) atoms. The van der Waals surface area contributed by atoms with Crippen molar-refractivity contribution < 1.29 is 4.79 Å². The number of aryl methyl sites for hydroxylation is 1. The van der Waals surface area contributed by atoms with Crippen molar-refractivity contribution in [3.63, 3.8) is 0 Å². The normalized spacial score (nSPS) is 11.6. The van der Waals surface area contributed by atoms with Crippen LogP contribution >= 0.6 is 0 Å². The molecular formula is C13H23N3O. The second kappa shape index (κ2) is 4.92. The summed E-state index contributed by atoms with van der Waals surface area (Å²) in [5, 5.41) is 0. The van der Waals surface area contributed by atoms with Crippen molar-refractivity contribution in [3.8, 4) is 0 Å². The molecule has 0 radical (unpaired) electrons. The first-order chi connectivity index (χ1) is 7.78. The number of carbonyl (C=O) groups is 1. The van der Waals surface area contributed by atoms with E-state index in [1.54, 1.807) is 4.90 Å². The minimum absolute atomic E-state index is 0.0436. The first-order valence-electron chi connectivity index (χ1n) is 5.86. The zero-order chi connectivity index (χ0) is 13.2. The predicted molar refractivity (Wildman–Crippen MR) is 69.9 cm³/mol. The summed E-state index contributed by atoms with van der Waals surface area (Å²) in [7, 11) is 3.73. The molecular weight excluding hydrogens is 214 g/mol. The lowest BCUT2D eigenvalue weighted by Gasteiger charge is -2.29. The molecule has 0 fully saturated rings. The van der Waals surface area contributed by atoms with E-state index < -0.39 is 0 Å². The number of aromatic nitrogens is 1. The van der Waals surface area contributed by atoms with E-state index >= 15 is 0 Å². The Kier molecular flexibility index (Phi) is 3.98. The lowest BCUT2D eigenvalue weighted by molar-refractivity contribution is 0.0731. The Hall–Kier alpha value is -1.29. The molecule has 0 aromatic carbocycles. The number of carbonyl (C=O) groups excluding carboxylic acids is 1. The van der Waals surface area contributed by atoms with Crippen LogP contribution in [-0.4, -0.2) is 35.5 Å². The standard InChI is InChI=1S/C13H23N3O/c1-10-6-7-11(16(10)5)12(17)15(4)9-13(2,3)8-14/h6-7H,8-9,14H2,1-5H3. The van der Waals surface area contributed by atoms with Gasteiger partial charge in [0.2, 0.25) is 0 Å². The molecule has 1 aromatic heterocycles. The van der Waals surface area contributed by atoms with Gasteiger partial charge in [-0.1, -0.05) is 13.8 Å². The Morgan fingerprint density at radius 3 is 2.47 bits per heavy atom. The number of hydrogen-bond donors (Lipinski definition) is 1. The summed E-state index contributed by atoms with van der Waals surface area (Å²) < 4.78 is 1.91. The minimum atomic E-state index is -0.0510. The first kappa shape index (κ1) is 13.8. The summed E-state index contributed by atoms with van der Waals surface area (Å²) in [6, 6.07) is 3.82. The third kappa shape index (κ3) is 3.09. The largest absolute Gasteiger partial charge is 0.344 e. The molecule has 4 heteroatoms. The van der Waals surface area contributed by atoms with Crippen LogP contribution in [0.2, 0.25) is 0 Å². The van der Waals surface area contributed by atoms with Crippen molar-refractivity contribution >= 4 is 5.91 Å². The van der Waals surface area contributed by atoms with Crippen LogP contribution in [0.15, 0.2) is 12.1 Å². The van der Waals surface area contributed by atoms with E-state index in [1.807, 2.05) is 37.7 Å². The molecule has 1 rings (SSSR count). The molecule has 1 amide bonds. The van der Waals surface area contributed by atoms with Crippen LogP contribution in [0.1, 0.15) is 30.0 Å². The molecule has 96 valence electrons. The Bertz CT molecular complexity index is 407. The van der Waals surface area contributed by atoms with Gasteiger partial charge in [0.15, 0.2) is 0 Å². The second-order valence-electron chi connectivity index (χ2n) is 5.45. The van der Waals surface area contributed by atoms with Gasteiger partial charge in [-0.2, -0.15) is 0 Å². The van der Waals surface area contributed by atoms with E-state index in [-0.39, 0.29) is 11.3 Å². The van der Waals surface area contributed by atoms with Crippen LogP contribution in [0, 0.1) is 12.3 Å². The van der Waals surface area contributed by atoms with Gasteiger partial charge in [0, 0.05) is 26.3 Å². The zero-order valence-electron chi connectivity index (χ0n) is 11.4. The highest BCUT2D eigenvalue weighted by Crippen LogP contribution is 2.16. The molecule has 0 unspecified atom stereocenters. The molecule has 1 heterocycles. The number of amides is 1. The molecule has 4 nitrogen and oxygen atoms in total. The summed E-state index contributed by atoms with van der Waals surface area (Å²) in [6.45, 7) is 7.34. The van der Waals surface area contributed by atoms with Gasteiger partial charge in [-0.3, -0.25) is 4.79 Å². The summed E-state index contributed by atoms with van der Waals surface area (Å²) in [6.07, 6.45) is 0.